The van der Waals surface area contributed by atoms with Gasteiger partial charge in [-0.3, -0.25) is 0 Å². The quantitative estimate of drug-likeness (QED) is 0.179. The molecule has 0 N–H and O–H groups in total. The second-order valence-electron chi connectivity index (χ2n) is 13.1. The average Bonchev–Trinajstić information content (AvgIpc) is 3.85. The molecular formula is C49H29N3O2. The maximum Gasteiger partial charge on any atom is 0.164 e. The van der Waals surface area contributed by atoms with Crippen LogP contribution >= 0.6 is 0 Å². The highest BCUT2D eigenvalue weighted by Crippen LogP contribution is 2.41. The fourth-order valence-electron chi connectivity index (χ4n) is 7.33. The lowest BCUT2D eigenvalue weighted by molar-refractivity contribution is 0.669. The minimum Gasteiger partial charge on any atom is -0.456 e. The van der Waals surface area contributed by atoms with Gasteiger partial charge in [-0.25, -0.2) is 15.0 Å². The van der Waals surface area contributed by atoms with E-state index in [-0.39, 0.29) is 69.6 Å². The van der Waals surface area contributed by atoms with Gasteiger partial charge in [0.2, 0.25) is 0 Å². The van der Waals surface area contributed by atoms with Crippen LogP contribution < -0.4 is 0 Å². The van der Waals surface area contributed by atoms with E-state index in [0.717, 1.165) is 38.6 Å². The molecule has 252 valence electrons. The summed E-state index contributed by atoms with van der Waals surface area (Å²) in [6.45, 7) is 0. The van der Waals surface area contributed by atoms with E-state index in [4.69, 9.17) is 29.3 Å². The molecular weight excluding hydrogens is 663 g/mol. The minimum atomic E-state index is -0.239. The number of furan rings is 2. The van der Waals surface area contributed by atoms with Crippen LogP contribution in [0.15, 0.2) is 185 Å². The van der Waals surface area contributed by atoms with Crippen molar-refractivity contribution in [1.82, 2.24) is 15.0 Å². The van der Waals surface area contributed by atoms with Crippen molar-refractivity contribution in [2.24, 2.45) is 0 Å². The van der Waals surface area contributed by atoms with E-state index in [1.54, 1.807) is 6.07 Å². The lowest BCUT2D eigenvalue weighted by Gasteiger charge is -2.10. The third kappa shape index (κ3) is 4.90. The molecule has 8 aromatic carbocycles. The van der Waals surface area contributed by atoms with Crippen molar-refractivity contribution < 1.29 is 17.1 Å². The molecule has 5 heteroatoms. The van der Waals surface area contributed by atoms with Gasteiger partial charge in [0.15, 0.2) is 17.5 Å². The molecule has 0 aliphatic carbocycles. The van der Waals surface area contributed by atoms with Gasteiger partial charge in [-0.1, -0.05) is 145 Å². The number of nitrogens with zero attached hydrogens (tertiary/aromatic N) is 3. The maximum absolute atomic E-state index is 9.31. The fraction of sp³-hybridized carbons (Fsp3) is 0. The number of hydrogen-bond donors (Lipinski definition) is 0. The number of aromatic nitrogens is 3. The molecule has 54 heavy (non-hydrogen) atoms. The summed E-state index contributed by atoms with van der Waals surface area (Å²) < 4.78 is 65.9. The van der Waals surface area contributed by atoms with Gasteiger partial charge in [-0.15, -0.1) is 0 Å². The summed E-state index contributed by atoms with van der Waals surface area (Å²) in [4.78, 5) is 15.0. The third-order valence-corrected chi connectivity index (χ3v) is 9.89. The first-order valence-corrected chi connectivity index (χ1v) is 17.5. The topological polar surface area (TPSA) is 65.0 Å². The van der Waals surface area contributed by atoms with Gasteiger partial charge in [0, 0.05) is 43.6 Å². The van der Waals surface area contributed by atoms with E-state index in [0.29, 0.717) is 39.1 Å². The van der Waals surface area contributed by atoms with Gasteiger partial charge in [0.1, 0.15) is 22.3 Å². The number of benzene rings is 8. The van der Waals surface area contributed by atoms with Crippen molar-refractivity contribution in [2.45, 2.75) is 0 Å². The van der Waals surface area contributed by atoms with Crippen molar-refractivity contribution in [3.05, 3.63) is 176 Å². The molecule has 3 heterocycles. The van der Waals surface area contributed by atoms with E-state index in [2.05, 4.69) is 18.2 Å². The molecule has 0 fully saturated rings. The van der Waals surface area contributed by atoms with Crippen molar-refractivity contribution in [2.75, 3.05) is 0 Å². The number of fused-ring (bicyclic) bond motifs is 8. The molecule has 0 aliphatic heterocycles. The van der Waals surface area contributed by atoms with E-state index in [1.807, 2.05) is 103 Å². The molecule has 0 aliphatic rings. The van der Waals surface area contributed by atoms with Crippen LogP contribution in [0.5, 0.6) is 0 Å². The molecule has 0 spiro atoms. The summed E-state index contributed by atoms with van der Waals surface area (Å²) >= 11 is 0. The molecule has 0 saturated heterocycles. The standard InChI is InChI=1S/C49H29N3O2/c1-3-11-30(12-4-1)31-21-23-34(24-22-31)47-50-48(35-26-27-38-43(29-35)53-41-19-9-17-36(44(38)41)32-13-5-2-6-14-32)52-49(51-47)40-18-10-20-42-45(40)39-28-25-33-15-7-8-16-37(33)46(39)54-42/h1-29H/i7D,10D,15D,18D,25D,28D. The van der Waals surface area contributed by atoms with E-state index in [9.17, 15) is 2.74 Å². The molecule has 11 aromatic rings. The van der Waals surface area contributed by atoms with Gasteiger partial charge < -0.3 is 8.83 Å². The van der Waals surface area contributed by atoms with Crippen molar-refractivity contribution in [3.63, 3.8) is 0 Å². The third-order valence-electron chi connectivity index (χ3n) is 9.89. The molecule has 0 radical (unpaired) electrons. The Bertz CT molecular complexity index is 3550. The summed E-state index contributed by atoms with van der Waals surface area (Å²) in [6.07, 6.45) is 0. The van der Waals surface area contributed by atoms with Crippen LogP contribution in [0, 0.1) is 0 Å². The van der Waals surface area contributed by atoms with E-state index < -0.39 is 0 Å². The molecule has 0 bridgehead atoms. The van der Waals surface area contributed by atoms with Crippen LogP contribution in [-0.4, -0.2) is 15.0 Å². The van der Waals surface area contributed by atoms with Crippen LogP contribution in [0.3, 0.4) is 0 Å². The Balaban J connectivity index is 1.17. The molecule has 0 atom stereocenters. The molecule has 0 amide bonds. The van der Waals surface area contributed by atoms with Gasteiger partial charge in [0.05, 0.1) is 8.22 Å². The van der Waals surface area contributed by atoms with Crippen molar-refractivity contribution in [3.8, 4) is 56.4 Å². The zero-order valence-electron chi connectivity index (χ0n) is 34.4. The second kappa shape index (κ2) is 12.1. The lowest BCUT2D eigenvalue weighted by atomic mass is 9.99. The molecule has 3 aromatic heterocycles. The van der Waals surface area contributed by atoms with Crippen LogP contribution in [0.1, 0.15) is 8.22 Å². The first-order chi connectivity index (χ1) is 29.2. The van der Waals surface area contributed by atoms with Gasteiger partial charge in [0.25, 0.3) is 0 Å². The molecule has 0 unspecified atom stereocenters. The summed E-state index contributed by atoms with van der Waals surface area (Å²) in [5, 5.41) is 2.96. The number of rotatable bonds is 5. The molecule has 11 rings (SSSR count). The highest BCUT2D eigenvalue weighted by Gasteiger charge is 2.20. The Hall–Kier alpha value is -7.37. The Kier molecular flexibility index (Phi) is 5.55. The zero-order valence-corrected chi connectivity index (χ0v) is 28.4. The average molecular weight is 698 g/mol. The van der Waals surface area contributed by atoms with Crippen LogP contribution in [0.2, 0.25) is 0 Å². The van der Waals surface area contributed by atoms with Crippen molar-refractivity contribution >= 4 is 54.6 Å². The Morgan fingerprint density at radius 1 is 0.389 bits per heavy atom. The summed E-state index contributed by atoms with van der Waals surface area (Å²) in [7, 11) is 0. The lowest BCUT2D eigenvalue weighted by Crippen LogP contribution is -2.00. The molecule has 0 saturated carbocycles. The Labute approximate surface area is 318 Å². The first-order valence-electron chi connectivity index (χ1n) is 20.5. The van der Waals surface area contributed by atoms with Crippen LogP contribution in [-0.2, 0) is 0 Å². The maximum atomic E-state index is 9.31. The summed E-state index contributed by atoms with van der Waals surface area (Å²) in [5.74, 6) is 0.697. The van der Waals surface area contributed by atoms with E-state index >= 15 is 0 Å². The van der Waals surface area contributed by atoms with Crippen LogP contribution in [0.4, 0.5) is 0 Å². The monoisotopic (exact) mass is 697 g/mol. The number of hydrogen-bond acceptors (Lipinski definition) is 5. The summed E-state index contributed by atoms with van der Waals surface area (Å²) in [6, 6.07) is 43.3. The highest BCUT2D eigenvalue weighted by atomic mass is 16.3. The predicted octanol–water partition coefficient (Wildman–Crippen LogP) is 13.2. The predicted molar refractivity (Wildman–Crippen MR) is 219 cm³/mol. The first kappa shape index (κ1) is 24.8. The normalized spacial score (nSPS) is 13.3. The SMILES string of the molecule is [2H]c1cc2oc3c4ccc([2H])c([2H])c4c([2H])c([2H])c3c2c(-c2nc(-c3ccc(-c4ccccc4)cc3)nc(-c3ccc4c(c3)oc3cccc(-c5ccccc5)c34)n2)c1[2H]. The van der Waals surface area contributed by atoms with Crippen molar-refractivity contribution in [1.29, 1.82) is 0 Å². The second-order valence-corrected chi connectivity index (χ2v) is 13.1. The minimum absolute atomic E-state index is 0.0760. The van der Waals surface area contributed by atoms with E-state index in [1.165, 1.54) is 12.1 Å². The Morgan fingerprint density at radius 3 is 1.91 bits per heavy atom. The van der Waals surface area contributed by atoms with Gasteiger partial charge in [-0.05, 0) is 57.9 Å². The highest BCUT2D eigenvalue weighted by molar-refractivity contribution is 6.19. The van der Waals surface area contributed by atoms with Gasteiger partial charge in [-0.2, -0.15) is 0 Å². The fourth-order valence-corrected chi connectivity index (χ4v) is 7.33. The summed E-state index contributed by atoms with van der Waals surface area (Å²) in [5.41, 5.74) is 7.46. The molecule has 5 nitrogen and oxygen atoms in total. The van der Waals surface area contributed by atoms with Crippen LogP contribution in [0.25, 0.3) is 111 Å². The van der Waals surface area contributed by atoms with Gasteiger partial charge >= 0.3 is 0 Å². The zero-order chi connectivity index (χ0) is 40.8. The smallest absolute Gasteiger partial charge is 0.164 e. The Morgan fingerprint density at radius 2 is 1.07 bits per heavy atom. The largest absolute Gasteiger partial charge is 0.456 e.